The lowest BCUT2D eigenvalue weighted by Crippen LogP contribution is -2.31. The molecular formula is C17H18BrNO3. The summed E-state index contributed by atoms with van der Waals surface area (Å²) in [6.07, 6.45) is 2.12. The van der Waals surface area contributed by atoms with Crippen molar-refractivity contribution in [3.63, 3.8) is 0 Å². The minimum absolute atomic E-state index is 0.174. The van der Waals surface area contributed by atoms with Gasteiger partial charge in [-0.15, -0.1) is 0 Å². The van der Waals surface area contributed by atoms with Gasteiger partial charge < -0.3 is 4.74 Å². The summed E-state index contributed by atoms with van der Waals surface area (Å²) >= 11 is 3.36. The van der Waals surface area contributed by atoms with Gasteiger partial charge in [0, 0.05) is 16.2 Å². The standard InChI is InChI=1S/C17H18BrNO3/c1-3-15(19-10-14(18)9-12(2)16(19)20)17(21)22-11-13-7-5-4-6-8-13/h4-10,15H,3,11H2,1-2H3. The topological polar surface area (TPSA) is 48.3 Å². The average Bonchev–Trinajstić information content (AvgIpc) is 2.51. The Morgan fingerprint density at radius 3 is 2.64 bits per heavy atom. The molecule has 0 amide bonds. The molecule has 0 bridgehead atoms. The summed E-state index contributed by atoms with van der Waals surface area (Å²) in [7, 11) is 0. The fraction of sp³-hybridized carbons (Fsp3) is 0.294. The molecule has 1 heterocycles. The molecule has 2 aromatic rings. The highest BCUT2D eigenvalue weighted by atomic mass is 79.9. The first-order chi connectivity index (χ1) is 10.5. The van der Waals surface area contributed by atoms with Crippen LogP contribution in [0.25, 0.3) is 0 Å². The number of ether oxygens (including phenoxy) is 1. The van der Waals surface area contributed by atoms with Crippen LogP contribution < -0.4 is 5.56 Å². The highest BCUT2D eigenvalue weighted by molar-refractivity contribution is 9.10. The molecule has 4 nitrogen and oxygen atoms in total. The number of benzene rings is 1. The summed E-state index contributed by atoms with van der Waals surface area (Å²) in [5.74, 6) is -0.397. The Labute approximate surface area is 137 Å². The molecule has 0 aliphatic carbocycles. The van der Waals surface area contributed by atoms with Crippen LogP contribution >= 0.6 is 15.9 Å². The van der Waals surface area contributed by atoms with Crippen LogP contribution in [-0.2, 0) is 16.1 Å². The van der Waals surface area contributed by atoms with Crippen molar-refractivity contribution in [1.29, 1.82) is 0 Å². The summed E-state index contributed by atoms with van der Waals surface area (Å²) in [5.41, 5.74) is 1.33. The zero-order valence-corrected chi connectivity index (χ0v) is 14.2. The van der Waals surface area contributed by atoms with Gasteiger partial charge in [0.05, 0.1) is 0 Å². The summed E-state index contributed by atoms with van der Waals surface area (Å²) < 4.78 is 7.56. The summed E-state index contributed by atoms with van der Waals surface area (Å²) in [6.45, 7) is 3.79. The van der Waals surface area contributed by atoms with Gasteiger partial charge in [0.1, 0.15) is 12.6 Å². The van der Waals surface area contributed by atoms with Crippen LogP contribution in [0.5, 0.6) is 0 Å². The number of nitrogens with zero attached hydrogens (tertiary/aromatic N) is 1. The minimum atomic E-state index is -0.618. The Bertz CT molecular complexity index is 710. The average molecular weight is 364 g/mol. The normalized spacial score (nSPS) is 12.0. The monoisotopic (exact) mass is 363 g/mol. The Morgan fingerprint density at radius 1 is 1.32 bits per heavy atom. The van der Waals surface area contributed by atoms with Gasteiger partial charge in [0.15, 0.2) is 0 Å². The number of esters is 1. The largest absolute Gasteiger partial charge is 0.459 e. The van der Waals surface area contributed by atoms with E-state index in [-0.39, 0.29) is 12.2 Å². The van der Waals surface area contributed by atoms with Crippen molar-refractivity contribution in [2.45, 2.75) is 32.9 Å². The van der Waals surface area contributed by atoms with Crippen LogP contribution in [0.3, 0.4) is 0 Å². The molecule has 0 radical (unpaired) electrons. The maximum absolute atomic E-state index is 12.3. The third-order valence-electron chi connectivity index (χ3n) is 3.41. The molecule has 0 spiro atoms. The third-order valence-corrected chi connectivity index (χ3v) is 3.84. The minimum Gasteiger partial charge on any atom is -0.459 e. The Balaban J connectivity index is 2.18. The molecule has 0 N–H and O–H groups in total. The molecule has 22 heavy (non-hydrogen) atoms. The molecule has 1 aromatic heterocycles. The Hall–Kier alpha value is -1.88. The van der Waals surface area contributed by atoms with E-state index < -0.39 is 12.0 Å². The van der Waals surface area contributed by atoms with Crippen molar-refractivity contribution < 1.29 is 9.53 Å². The second-order valence-electron chi connectivity index (χ2n) is 5.07. The van der Waals surface area contributed by atoms with Crippen LogP contribution in [0.2, 0.25) is 0 Å². The van der Waals surface area contributed by atoms with Crippen LogP contribution in [0.1, 0.15) is 30.5 Å². The Kier molecular flexibility index (Phi) is 5.55. The molecule has 0 saturated heterocycles. The molecular weight excluding hydrogens is 346 g/mol. The number of carbonyl (C=O) groups excluding carboxylic acids is 1. The summed E-state index contributed by atoms with van der Waals surface area (Å²) in [5, 5.41) is 0. The molecule has 5 heteroatoms. The Morgan fingerprint density at radius 2 is 2.00 bits per heavy atom. The van der Waals surface area contributed by atoms with E-state index >= 15 is 0 Å². The van der Waals surface area contributed by atoms with E-state index in [9.17, 15) is 9.59 Å². The van der Waals surface area contributed by atoms with Gasteiger partial charge in [0.25, 0.3) is 5.56 Å². The van der Waals surface area contributed by atoms with E-state index in [1.54, 1.807) is 19.2 Å². The van der Waals surface area contributed by atoms with E-state index in [2.05, 4.69) is 15.9 Å². The lowest BCUT2D eigenvalue weighted by molar-refractivity contribution is -0.149. The molecule has 0 aliphatic rings. The van der Waals surface area contributed by atoms with Gasteiger partial charge in [-0.2, -0.15) is 0 Å². The highest BCUT2D eigenvalue weighted by Crippen LogP contribution is 2.17. The highest BCUT2D eigenvalue weighted by Gasteiger charge is 2.22. The SMILES string of the molecule is CCC(C(=O)OCc1ccccc1)n1cc(Br)cc(C)c1=O. The first-order valence-electron chi connectivity index (χ1n) is 7.11. The summed E-state index contributed by atoms with van der Waals surface area (Å²) in [4.78, 5) is 24.6. The number of halogens is 1. The van der Waals surface area contributed by atoms with E-state index in [0.717, 1.165) is 10.0 Å². The summed E-state index contributed by atoms with van der Waals surface area (Å²) in [6, 6.07) is 10.6. The van der Waals surface area contributed by atoms with Crippen LogP contribution in [-0.4, -0.2) is 10.5 Å². The quantitative estimate of drug-likeness (QED) is 0.762. The van der Waals surface area contributed by atoms with E-state index in [1.807, 2.05) is 37.3 Å². The second-order valence-corrected chi connectivity index (χ2v) is 5.99. The lowest BCUT2D eigenvalue weighted by Gasteiger charge is -2.18. The number of aromatic nitrogens is 1. The number of rotatable bonds is 5. The van der Waals surface area contributed by atoms with Gasteiger partial charge >= 0.3 is 5.97 Å². The smallest absolute Gasteiger partial charge is 0.329 e. The molecule has 1 unspecified atom stereocenters. The van der Waals surface area contributed by atoms with Crippen molar-refractivity contribution in [3.05, 3.63) is 68.5 Å². The van der Waals surface area contributed by atoms with Crippen LogP contribution in [0.15, 0.2) is 51.9 Å². The molecule has 116 valence electrons. The first-order valence-corrected chi connectivity index (χ1v) is 7.91. The van der Waals surface area contributed by atoms with Crippen molar-refractivity contribution in [2.24, 2.45) is 0 Å². The van der Waals surface area contributed by atoms with E-state index in [1.165, 1.54) is 4.57 Å². The molecule has 2 rings (SSSR count). The van der Waals surface area contributed by atoms with E-state index in [0.29, 0.717) is 12.0 Å². The lowest BCUT2D eigenvalue weighted by atomic mass is 10.2. The van der Waals surface area contributed by atoms with Crippen molar-refractivity contribution in [3.8, 4) is 0 Å². The van der Waals surface area contributed by atoms with Gasteiger partial charge in [-0.25, -0.2) is 4.79 Å². The van der Waals surface area contributed by atoms with Crippen LogP contribution in [0.4, 0.5) is 0 Å². The zero-order chi connectivity index (χ0) is 16.1. The second kappa shape index (κ2) is 7.40. The third kappa shape index (κ3) is 3.85. The zero-order valence-electron chi connectivity index (χ0n) is 12.6. The van der Waals surface area contributed by atoms with Crippen LogP contribution in [0, 0.1) is 6.92 Å². The van der Waals surface area contributed by atoms with Crippen molar-refractivity contribution >= 4 is 21.9 Å². The maximum Gasteiger partial charge on any atom is 0.329 e. The van der Waals surface area contributed by atoms with E-state index in [4.69, 9.17) is 4.74 Å². The predicted molar refractivity (Wildman–Crippen MR) is 88.7 cm³/mol. The number of hydrogen-bond donors (Lipinski definition) is 0. The molecule has 0 fully saturated rings. The van der Waals surface area contributed by atoms with Gasteiger partial charge in [0.2, 0.25) is 0 Å². The van der Waals surface area contributed by atoms with Crippen molar-refractivity contribution in [2.75, 3.05) is 0 Å². The van der Waals surface area contributed by atoms with Gasteiger partial charge in [-0.3, -0.25) is 9.36 Å². The number of aryl methyl sites for hydroxylation is 1. The number of pyridine rings is 1. The van der Waals surface area contributed by atoms with Gasteiger partial charge in [-0.05, 0) is 40.9 Å². The molecule has 0 saturated carbocycles. The molecule has 1 aromatic carbocycles. The predicted octanol–water partition coefficient (Wildman–Crippen LogP) is 3.61. The number of hydrogen-bond acceptors (Lipinski definition) is 3. The maximum atomic E-state index is 12.3. The fourth-order valence-corrected chi connectivity index (χ4v) is 2.80. The van der Waals surface area contributed by atoms with Gasteiger partial charge in [-0.1, -0.05) is 37.3 Å². The molecule has 0 aliphatic heterocycles. The van der Waals surface area contributed by atoms with Crippen molar-refractivity contribution in [1.82, 2.24) is 4.57 Å². The first kappa shape index (κ1) is 16.5. The fourth-order valence-electron chi connectivity index (χ4n) is 2.23. The molecule has 1 atom stereocenters. The number of carbonyl (C=O) groups is 1.